The first kappa shape index (κ1) is 11.4. The zero-order valence-electron chi connectivity index (χ0n) is 10.2. The molecule has 2 rings (SSSR count). The van der Waals surface area contributed by atoms with Gasteiger partial charge in [0.05, 0.1) is 0 Å². The average molecular weight is 229 g/mol. The minimum absolute atomic E-state index is 0.546. The third-order valence-corrected chi connectivity index (χ3v) is 2.53. The minimum Gasteiger partial charge on any atom is -0.439 e. The lowest BCUT2D eigenvalue weighted by atomic mass is 10.1. The summed E-state index contributed by atoms with van der Waals surface area (Å²) in [6, 6.07) is 5.55. The highest BCUT2D eigenvalue weighted by Crippen LogP contribution is 2.27. The highest BCUT2D eigenvalue weighted by atomic mass is 16.5. The molecule has 1 aromatic carbocycles. The number of ether oxygens (including phenoxy) is 1. The molecule has 0 spiro atoms. The topological polar surface area (TPSA) is 61.0 Å². The van der Waals surface area contributed by atoms with Crippen molar-refractivity contribution in [3.8, 4) is 11.6 Å². The van der Waals surface area contributed by atoms with E-state index >= 15 is 0 Å². The van der Waals surface area contributed by atoms with Crippen LogP contribution in [0.25, 0.3) is 0 Å². The summed E-state index contributed by atoms with van der Waals surface area (Å²) in [7, 11) is 0. The Balaban J connectivity index is 2.33. The van der Waals surface area contributed by atoms with Gasteiger partial charge in [-0.15, -0.1) is 0 Å². The second-order valence-electron chi connectivity index (χ2n) is 4.02. The van der Waals surface area contributed by atoms with Gasteiger partial charge in [-0.3, -0.25) is 0 Å². The molecule has 0 amide bonds. The van der Waals surface area contributed by atoms with Crippen LogP contribution >= 0.6 is 0 Å². The summed E-state index contributed by atoms with van der Waals surface area (Å²) in [5.41, 5.74) is 8.58. The first-order valence-corrected chi connectivity index (χ1v) is 5.40. The number of aryl methyl sites for hydroxylation is 3. The zero-order valence-corrected chi connectivity index (χ0v) is 10.2. The molecule has 2 N–H and O–H groups in total. The number of benzene rings is 1. The second-order valence-corrected chi connectivity index (χ2v) is 4.02. The van der Waals surface area contributed by atoms with E-state index in [4.69, 9.17) is 10.5 Å². The molecule has 0 bridgehead atoms. The van der Waals surface area contributed by atoms with Crippen LogP contribution in [0.2, 0.25) is 0 Å². The summed E-state index contributed by atoms with van der Waals surface area (Å²) < 4.78 is 5.72. The van der Waals surface area contributed by atoms with Crippen molar-refractivity contribution in [1.29, 1.82) is 0 Å². The fourth-order valence-electron chi connectivity index (χ4n) is 1.53. The maximum absolute atomic E-state index is 5.83. The van der Waals surface area contributed by atoms with Crippen LogP contribution in [-0.2, 0) is 0 Å². The van der Waals surface area contributed by atoms with Crippen molar-refractivity contribution in [2.75, 3.05) is 5.73 Å². The Hall–Kier alpha value is -2.10. The highest BCUT2D eigenvalue weighted by Gasteiger charge is 2.05. The number of anilines is 1. The van der Waals surface area contributed by atoms with Gasteiger partial charge in [0.2, 0.25) is 5.88 Å². The number of nitrogen functional groups attached to an aromatic ring is 1. The van der Waals surface area contributed by atoms with Crippen molar-refractivity contribution in [1.82, 2.24) is 9.97 Å². The van der Waals surface area contributed by atoms with Gasteiger partial charge in [0, 0.05) is 18.0 Å². The van der Waals surface area contributed by atoms with Crippen molar-refractivity contribution < 1.29 is 4.74 Å². The molecule has 0 unspecified atom stereocenters. The van der Waals surface area contributed by atoms with E-state index in [1.165, 1.54) is 0 Å². The van der Waals surface area contributed by atoms with Crippen molar-refractivity contribution in [3.05, 3.63) is 41.3 Å². The Morgan fingerprint density at radius 3 is 2.59 bits per heavy atom. The van der Waals surface area contributed by atoms with Gasteiger partial charge in [-0.25, -0.2) is 4.98 Å². The van der Waals surface area contributed by atoms with Gasteiger partial charge >= 0.3 is 0 Å². The van der Waals surface area contributed by atoms with Crippen molar-refractivity contribution >= 4 is 5.69 Å². The van der Waals surface area contributed by atoms with Gasteiger partial charge in [-0.05, 0) is 44.0 Å². The van der Waals surface area contributed by atoms with Crippen molar-refractivity contribution in [2.45, 2.75) is 20.8 Å². The lowest BCUT2D eigenvalue weighted by Crippen LogP contribution is -1.96. The fraction of sp³-hybridized carbons (Fsp3) is 0.231. The summed E-state index contributed by atoms with van der Waals surface area (Å²) in [6.45, 7) is 5.74. The molecular formula is C13H15N3O. The van der Waals surface area contributed by atoms with Crippen LogP contribution in [0.1, 0.15) is 17.0 Å². The Bertz CT molecular complexity index is 552. The van der Waals surface area contributed by atoms with E-state index in [-0.39, 0.29) is 0 Å². The van der Waals surface area contributed by atoms with Crippen molar-refractivity contribution in [2.24, 2.45) is 0 Å². The molecule has 0 fully saturated rings. The van der Waals surface area contributed by atoms with E-state index in [9.17, 15) is 0 Å². The van der Waals surface area contributed by atoms with E-state index in [1.807, 2.05) is 32.9 Å². The smallest absolute Gasteiger partial charge is 0.222 e. The Labute approximate surface area is 100 Å². The Morgan fingerprint density at radius 1 is 1.12 bits per heavy atom. The molecule has 0 atom stereocenters. The summed E-state index contributed by atoms with van der Waals surface area (Å²) in [5, 5.41) is 0. The molecule has 0 radical (unpaired) electrons. The summed E-state index contributed by atoms with van der Waals surface area (Å²) in [5.74, 6) is 2.01. The molecule has 1 heterocycles. The molecule has 0 aliphatic carbocycles. The van der Waals surface area contributed by atoms with Crippen LogP contribution in [0.4, 0.5) is 5.69 Å². The third kappa shape index (κ3) is 2.53. The molecule has 17 heavy (non-hydrogen) atoms. The van der Waals surface area contributed by atoms with Gasteiger partial charge < -0.3 is 10.5 Å². The number of hydrogen-bond acceptors (Lipinski definition) is 4. The number of hydrogen-bond donors (Lipinski definition) is 1. The maximum Gasteiger partial charge on any atom is 0.222 e. The molecule has 0 aliphatic rings. The molecule has 88 valence electrons. The maximum atomic E-state index is 5.83. The Kier molecular flexibility index (Phi) is 2.95. The number of nitrogens with two attached hydrogens (primary N) is 1. The first-order valence-electron chi connectivity index (χ1n) is 5.40. The number of aromatic nitrogens is 2. The quantitative estimate of drug-likeness (QED) is 0.804. The SMILES string of the molecule is Cc1nccc(Oc2cc(C)c(N)cc2C)n1. The normalized spacial score (nSPS) is 10.3. The fourth-order valence-corrected chi connectivity index (χ4v) is 1.53. The van der Waals surface area contributed by atoms with Gasteiger partial charge in [0.15, 0.2) is 0 Å². The lowest BCUT2D eigenvalue weighted by molar-refractivity contribution is 0.456. The van der Waals surface area contributed by atoms with E-state index < -0.39 is 0 Å². The minimum atomic E-state index is 0.546. The molecular weight excluding hydrogens is 214 g/mol. The van der Waals surface area contributed by atoms with E-state index in [0.717, 1.165) is 22.6 Å². The van der Waals surface area contributed by atoms with Crippen LogP contribution in [-0.4, -0.2) is 9.97 Å². The summed E-state index contributed by atoms with van der Waals surface area (Å²) in [6.07, 6.45) is 1.68. The van der Waals surface area contributed by atoms with Gasteiger partial charge in [0.25, 0.3) is 0 Å². The Morgan fingerprint density at radius 2 is 1.88 bits per heavy atom. The highest BCUT2D eigenvalue weighted by molar-refractivity contribution is 5.54. The first-order chi connectivity index (χ1) is 8.06. The van der Waals surface area contributed by atoms with E-state index in [2.05, 4.69) is 9.97 Å². The van der Waals surface area contributed by atoms with Gasteiger partial charge in [0.1, 0.15) is 11.6 Å². The monoisotopic (exact) mass is 229 g/mol. The van der Waals surface area contributed by atoms with Crippen LogP contribution < -0.4 is 10.5 Å². The standard InChI is InChI=1S/C13H15N3O/c1-8-7-12(9(2)6-11(8)14)17-13-4-5-15-10(3)16-13/h4-7H,14H2,1-3H3. The van der Waals surface area contributed by atoms with Crippen LogP contribution in [0, 0.1) is 20.8 Å². The number of nitrogens with zero attached hydrogens (tertiary/aromatic N) is 2. The zero-order chi connectivity index (χ0) is 12.4. The molecule has 2 aromatic rings. The largest absolute Gasteiger partial charge is 0.439 e. The third-order valence-electron chi connectivity index (χ3n) is 2.53. The predicted molar refractivity (Wildman–Crippen MR) is 67.2 cm³/mol. The van der Waals surface area contributed by atoms with Crippen LogP contribution in [0.15, 0.2) is 24.4 Å². The van der Waals surface area contributed by atoms with Crippen molar-refractivity contribution in [3.63, 3.8) is 0 Å². The molecule has 0 saturated carbocycles. The van der Waals surface area contributed by atoms with Gasteiger partial charge in [-0.2, -0.15) is 4.98 Å². The summed E-state index contributed by atoms with van der Waals surface area (Å²) in [4.78, 5) is 8.22. The predicted octanol–water partition coefficient (Wildman–Crippen LogP) is 2.78. The molecule has 0 aliphatic heterocycles. The molecule has 4 nitrogen and oxygen atoms in total. The van der Waals surface area contributed by atoms with Crippen LogP contribution in [0.3, 0.4) is 0 Å². The summed E-state index contributed by atoms with van der Waals surface area (Å²) >= 11 is 0. The molecule has 4 heteroatoms. The molecule has 1 aromatic heterocycles. The van der Waals surface area contributed by atoms with E-state index in [1.54, 1.807) is 12.3 Å². The second kappa shape index (κ2) is 4.41. The number of rotatable bonds is 2. The molecule has 0 saturated heterocycles. The average Bonchev–Trinajstić information content (AvgIpc) is 2.26. The lowest BCUT2D eigenvalue weighted by Gasteiger charge is -2.10. The van der Waals surface area contributed by atoms with Crippen LogP contribution in [0.5, 0.6) is 11.6 Å². The van der Waals surface area contributed by atoms with E-state index in [0.29, 0.717) is 11.7 Å². The van der Waals surface area contributed by atoms with Gasteiger partial charge in [-0.1, -0.05) is 0 Å².